The standard InChI is InChI=1S/C29H29FN4O2/c30-25-12-6-4-9-22(25)19-34-26-13-7-5-8-21(26)18-27(34)29(36)32-24-14-16-33(17-15-24)20-28(35)31-23-10-2-1-3-11-23/h1-13,18,24H,14-17,19-20H2,(H,31,35)(H,32,36). The van der Waals surface area contributed by atoms with Gasteiger partial charge >= 0.3 is 0 Å². The molecule has 0 bridgehead atoms. The fraction of sp³-hybridized carbons (Fsp3) is 0.241. The van der Waals surface area contributed by atoms with Crippen LogP contribution >= 0.6 is 0 Å². The average molecular weight is 485 g/mol. The molecule has 1 saturated heterocycles. The summed E-state index contributed by atoms with van der Waals surface area (Å²) in [7, 11) is 0. The van der Waals surface area contributed by atoms with Crippen molar-refractivity contribution in [3.63, 3.8) is 0 Å². The number of amides is 2. The van der Waals surface area contributed by atoms with Crippen molar-refractivity contribution >= 4 is 28.4 Å². The number of carbonyl (C=O) groups excluding carboxylic acids is 2. The lowest BCUT2D eigenvalue weighted by molar-refractivity contribution is -0.117. The van der Waals surface area contributed by atoms with Crippen molar-refractivity contribution in [2.24, 2.45) is 0 Å². The molecule has 0 spiro atoms. The summed E-state index contributed by atoms with van der Waals surface area (Å²) in [5.41, 5.74) is 2.74. The molecule has 1 aliphatic rings. The van der Waals surface area contributed by atoms with E-state index in [1.165, 1.54) is 6.07 Å². The molecule has 1 aliphatic heterocycles. The van der Waals surface area contributed by atoms with Crippen LogP contribution in [-0.2, 0) is 11.3 Å². The van der Waals surface area contributed by atoms with Gasteiger partial charge in [0.15, 0.2) is 0 Å². The molecule has 0 saturated carbocycles. The number of nitrogens with one attached hydrogen (secondary N) is 2. The Morgan fingerprint density at radius 1 is 0.889 bits per heavy atom. The van der Waals surface area contributed by atoms with E-state index in [0.717, 1.165) is 42.5 Å². The summed E-state index contributed by atoms with van der Waals surface area (Å²) in [6.45, 7) is 2.06. The molecule has 3 aromatic carbocycles. The molecule has 0 radical (unpaired) electrons. The zero-order chi connectivity index (χ0) is 24.9. The van der Waals surface area contributed by atoms with Crippen LogP contribution in [0.4, 0.5) is 10.1 Å². The molecule has 2 amide bonds. The van der Waals surface area contributed by atoms with Crippen molar-refractivity contribution < 1.29 is 14.0 Å². The number of nitrogens with zero attached hydrogens (tertiary/aromatic N) is 2. The van der Waals surface area contributed by atoms with Gasteiger partial charge in [-0.15, -0.1) is 0 Å². The number of hydrogen-bond acceptors (Lipinski definition) is 3. The molecule has 4 aromatic rings. The first kappa shape index (κ1) is 23.8. The lowest BCUT2D eigenvalue weighted by Crippen LogP contribution is -2.46. The fourth-order valence-electron chi connectivity index (χ4n) is 4.79. The molecule has 0 unspecified atom stereocenters. The van der Waals surface area contributed by atoms with E-state index in [2.05, 4.69) is 15.5 Å². The van der Waals surface area contributed by atoms with E-state index in [1.54, 1.807) is 18.2 Å². The van der Waals surface area contributed by atoms with Gasteiger partial charge in [0.2, 0.25) is 5.91 Å². The number of rotatable bonds is 7. The van der Waals surface area contributed by atoms with Crippen molar-refractivity contribution in [2.75, 3.05) is 25.0 Å². The Balaban J connectivity index is 1.22. The van der Waals surface area contributed by atoms with Crippen LogP contribution in [0, 0.1) is 5.82 Å². The van der Waals surface area contributed by atoms with Crippen LogP contribution in [0.1, 0.15) is 28.9 Å². The van der Waals surface area contributed by atoms with Crippen LogP contribution in [0.2, 0.25) is 0 Å². The summed E-state index contributed by atoms with van der Waals surface area (Å²) < 4.78 is 16.3. The molecule has 2 N–H and O–H groups in total. The van der Waals surface area contributed by atoms with Crippen LogP contribution in [0.3, 0.4) is 0 Å². The van der Waals surface area contributed by atoms with Crippen LogP contribution in [0.15, 0.2) is 84.9 Å². The number of likely N-dealkylation sites (tertiary alicyclic amines) is 1. The monoisotopic (exact) mass is 484 g/mol. The van der Waals surface area contributed by atoms with Gasteiger partial charge in [-0.3, -0.25) is 14.5 Å². The number of fused-ring (bicyclic) bond motifs is 1. The second kappa shape index (κ2) is 10.7. The molecule has 5 rings (SSSR count). The van der Waals surface area contributed by atoms with Gasteiger partial charge < -0.3 is 15.2 Å². The van der Waals surface area contributed by atoms with E-state index in [9.17, 15) is 14.0 Å². The lowest BCUT2D eigenvalue weighted by atomic mass is 10.0. The third kappa shape index (κ3) is 5.47. The first-order chi connectivity index (χ1) is 17.6. The van der Waals surface area contributed by atoms with Gasteiger partial charge in [0.1, 0.15) is 11.5 Å². The lowest BCUT2D eigenvalue weighted by Gasteiger charge is -2.31. The van der Waals surface area contributed by atoms with E-state index in [-0.39, 0.29) is 30.2 Å². The summed E-state index contributed by atoms with van der Waals surface area (Å²) in [6, 6.07) is 25.7. The number of para-hydroxylation sites is 2. The van der Waals surface area contributed by atoms with E-state index in [0.29, 0.717) is 17.8 Å². The minimum atomic E-state index is -0.287. The van der Waals surface area contributed by atoms with Gasteiger partial charge in [0, 0.05) is 41.3 Å². The number of hydrogen-bond donors (Lipinski definition) is 2. The zero-order valence-electron chi connectivity index (χ0n) is 20.0. The minimum Gasteiger partial charge on any atom is -0.348 e. The summed E-state index contributed by atoms with van der Waals surface area (Å²) >= 11 is 0. The molecule has 36 heavy (non-hydrogen) atoms. The van der Waals surface area contributed by atoms with Gasteiger partial charge in [-0.05, 0) is 43.2 Å². The highest BCUT2D eigenvalue weighted by Crippen LogP contribution is 2.23. The van der Waals surface area contributed by atoms with E-state index >= 15 is 0 Å². The van der Waals surface area contributed by atoms with Crippen LogP contribution in [0.25, 0.3) is 10.9 Å². The predicted molar refractivity (Wildman–Crippen MR) is 139 cm³/mol. The maximum absolute atomic E-state index is 14.4. The highest BCUT2D eigenvalue weighted by Gasteiger charge is 2.24. The molecule has 7 heteroatoms. The van der Waals surface area contributed by atoms with Gasteiger partial charge in [0.25, 0.3) is 5.91 Å². The molecular weight excluding hydrogens is 455 g/mol. The number of piperidine rings is 1. The second-order valence-electron chi connectivity index (χ2n) is 9.20. The Kier molecular flexibility index (Phi) is 7.09. The van der Waals surface area contributed by atoms with Gasteiger partial charge in [-0.2, -0.15) is 0 Å². The smallest absolute Gasteiger partial charge is 0.268 e. The highest BCUT2D eigenvalue weighted by atomic mass is 19.1. The Morgan fingerprint density at radius 2 is 1.58 bits per heavy atom. The summed E-state index contributed by atoms with van der Waals surface area (Å²) in [6.07, 6.45) is 1.52. The Morgan fingerprint density at radius 3 is 2.36 bits per heavy atom. The first-order valence-electron chi connectivity index (χ1n) is 12.3. The number of carbonyl (C=O) groups is 2. The molecule has 2 heterocycles. The van der Waals surface area contributed by atoms with E-state index in [1.807, 2.05) is 65.2 Å². The van der Waals surface area contributed by atoms with Crippen molar-refractivity contribution in [1.29, 1.82) is 0 Å². The second-order valence-corrected chi connectivity index (χ2v) is 9.20. The van der Waals surface area contributed by atoms with Gasteiger partial charge in [-0.25, -0.2) is 4.39 Å². The number of aromatic nitrogens is 1. The minimum absolute atomic E-state index is 0.0193. The Bertz CT molecular complexity index is 1360. The number of benzene rings is 3. The summed E-state index contributed by atoms with van der Waals surface area (Å²) in [4.78, 5) is 27.8. The van der Waals surface area contributed by atoms with E-state index in [4.69, 9.17) is 0 Å². The average Bonchev–Trinajstić information content (AvgIpc) is 3.26. The van der Waals surface area contributed by atoms with Crippen LogP contribution in [0.5, 0.6) is 0 Å². The largest absolute Gasteiger partial charge is 0.348 e. The first-order valence-corrected chi connectivity index (χ1v) is 12.3. The molecule has 0 atom stereocenters. The maximum Gasteiger partial charge on any atom is 0.268 e. The topological polar surface area (TPSA) is 66.4 Å². The van der Waals surface area contributed by atoms with Crippen molar-refractivity contribution in [3.8, 4) is 0 Å². The Hall–Kier alpha value is -3.97. The summed E-state index contributed by atoms with van der Waals surface area (Å²) in [5.74, 6) is -0.491. The normalized spacial score (nSPS) is 14.6. The van der Waals surface area contributed by atoms with Crippen LogP contribution < -0.4 is 10.6 Å². The summed E-state index contributed by atoms with van der Waals surface area (Å²) in [5, 5.41) is 7.03. The molecule has 1 aromatic heterocycles. The third-order valence-electron chi connectivity index (χ3n) is 6.68. The molecule has 184 valence electrons. The highest BCUT2D eigenvalue weighted by molar-refractivity contribution is 5.99. The molecule has 6 nitrogen and oxygen atoms in total. The predicted octanol–water partition coefficient (Wildman–Crippen LogP) is 4.66. The van der Waals surface area contributed by atoms with Gasteiger partial charge in [-0.1, -0.05) is 54.6 Å². The number of halogens is 1. The molecule has 1 fully saturated rings. The van der Waals surface area contributed by atoms with Crippen molar-refractivity contribution in [2.45, 2.75) is 25.4 Å². The van der Waals surface area contributed by atoms with E-state index < -0.39 is 0 Å². The third-order valence-corrected chi connectivity index (χ3v) is 6.68. The zero-order valence-corrected chi connectivity index (χ0v) is 20.0. The van der Waals surface area contributed by atoms with Gasteiger partial charge in [0.05, 0.1) is 13.1 Å². The molecular formula is C29H29FN4O2. The fourth-order valence-corrected chi connectivity index (χ4v) is 4.79. The SMILES string of the molecule is O=C(CN1CCC(NC(=O)c2cc3ccccc3n2Cc2ccccc2F)CC1)Nc1ccccc1. The van der Waals surface area contributed by atoms with Crippen molar-refractivity contribution in [3.05, 3.63) is 102 Å². The maximum atomic E-state index is 14.4. The van der Waals surface area contributed by atoms with Crippen LogP contribution in [-0.4, -0.2) is 47.0 Å². The quantitative estimate of drug-likeness (QED) is 0.401. The number of anilines is 1. The Labute approximate surface area is 209 Å². The molecule has 0 aliphatic carbocycles. The van der Waals surface area contributed by atoms with Crippen molar-refractivity contribution in [1.82, 2.24) is 14.8 Å².